The van der Waals surface area contributed by atoms with E-state index in [9.17, 15) is 0 Å². The molecule has 0 aromatic heterocycles. The summed E-state index contributed by atoms with van der Waals surface area (Å²) >= 11 is 0. The van der Waals surface area contributed by atoms with Gasteiger partial charge in [-0.15, -0.1) is 0 Å². The van der Waals surface area contributed by atoms with Crippen LogP contribution in [0.1, 0.15) is 22.3 Å². The van der Waals surface area contributed by atoms with Crippen LogP contribution in [0.3, 0.4) is 0 Å². The van der Waals surface area contributed by atoms with E-state index >= 15 is 26.3 Å². The summed E-state index contributed by atoms with van der Waals surface area (Å²) in [6.45, 7) is 3.85. The molecule has 0 amide bonds. The molecule has 0 spiro atoms. The monoisotopic (exact) mass is 666 g/mol. The Morgan fingerprint density at radius 3 is 0.837 bits per heavy atom. The first-order valence-electron chi connectivity index (χ1n) is 15.6. The molecule has 0 heterocycles. The van der Waals surface area contributed by atoms with Crippen molar-refractivity contribution in [3.8, 4) is 0 Å². The molecule has 6 rings (SSSR count). The molecule has 0 fully saturated rings. The van der Waals surface area contributed by atoms with Gasteiger partial charge in [0, 0.05) is 34.1 Å². The minimum atomic E-state index is -5.72. The van der Waals surface area contributed by atoms with E-state index in [1.54, 1.807) is 9.80 Å². The standard InChI is InChI=1S/C41H32F6N2/c1-29-13-21-35(22-14-29)48(33-9-5-3-6-10-33)37-25-17-31(18-26-37)39(40(42,43)44,41(45,46)47)32-19-27-38(28-20-32)49(34-11-7-4-8-12-34)36-23-15-30(2)16-24-36/h3-28H,1-2H3. The summed E-state index contributed by atoms with van der Waals surface area (Å²) in [4.78, 5) is 3.56. The molecule has 0 unspecified atom stereocenters. The zero-order valence-corrected chi connectivity index (χ0v) is 26.7. The Bertz CT molecular complexity index is 1820. The second-order valence-electron chi connectivity index (χ2n) is 11.9. The van der Waals surface area contributed by atoms with Crippen LogP contribution in [0.5, 0.6) is 0 Å². The highest BCUT2D eigenvalue weighted by Crippen LogP contribution is 2.57. The largest absolute Gasteiger partial charge is 0.411 e. The predicted octanol–water partition coefficient (Wildman–Crippen LogP) is 12.7. The molecule has 0 saturated carbocycles. The lowest BCUT2D eigenvalue weighted by Crippen LogP contribution is -2.54. The lowest BCUT2D eigenvalue weighted by Gasteiger charge is -2.39. The van der Waals surface area contributed by atoms with Crippen LogP contribution < -0.4 is 9.80 Å². The third-order valence-corrected chi connectivity index (χ3v) is 8.58. The fourth-order valence-electron chi connectivity index (χ4n) is 6.14. The highest BCUT2D eigenvalue weighted by molar-refractivity contribution is 5.78. The third kappa shape index (κ3) is 6.38. The van der Waals surface area contributed by atoms with Gasteiger partial charge in [0.15, 0.2) is 0 Å². The number of aryl methyl sites for hydroxylation is 2. The fourth-order valence-corrected chi connectivity index (χ4v) is 6.14. The number of hydrogen-bond donors (Lipinski definition) is 0. The topological polar surface area (TPSA) is 6.48 Å². The lowest BCUT2D eigenvalue weighted by molar-refractivity contribution is -0.288. The average Bonchev–Trinajstić information content (AvgIpc) is 3.08. The SMILES string of the molecule is Cc1ccc(N(c2ccccc2)c2ccc(C(c3ccc(N(c4ccccc4)c4ccc(C)cc4)cc3)(C(F)(F)F)C(F)(F)F)cc2)cc1. The molecule has 6 aromatic rings. The molecule has 0 aliphatic heterocycles. The van der Waals surface area contributed by atoms with E-state index in [1.165, 1.54) is 24.3 Å². The maximum absolute atomic E-state index is 15.2. The predicted molar refractivity (Wildman–Crippen MR) is 185 cm³/mol. The van der Waals surface area contributed by atoms with Crippen molar-refractivity contribution in [2.75, 3.05) is 9.80 Å². The van der Waals surface area contributed by atoms with Crippen molar-refractivity contribution in [1.82, 2.24) is 0 Å². The maximum atomic E-state index is 15.2. The van der Waals surface area contributed by atoms with Crippen molar-refractivity contribution in [1.29, 1.82) is 0 Å². The van der Waals surface area contributed by atoms with E-state index in [0.29, 0.717) is 34.1 Å². The molecule has 0 bridgehead atoms. The summed E-state index contributed by atoms with van der Waals surface area (Å²) in [5, 5.41) is 0. The van der Waals surface area contributed by atoms with Gasteiger partial charge in [-0.25, -0.2) is 0 Å². The summed E-state index contributed by atoms with van der Waals surface area (Å²) in [6.07, 6.45) is -11.4. The number of halogens is 6. The van der Waals surface area contributed by atoms with Gasteiger partial charge in [0.2, 0.25) is 5.41 Å². The van der Waals surface area contributed by atoms with Crippen LogP contribution in [0.4, 0.5) is 60.5 Å². The first-order valence-corrected chi connectivity index (χ1v) is 15.6. The van der Waals surface area contributed by atoms with Gasteiger partial charge in [-0.2, -0.15) is 26.3 Å². The number of rotatable bonds is 8. The molecule has 2 nitrogen and oxygen atoms in total. The quantitative estimate of drug-likeness (QED) is 0.149. The Morgan fingerprint density at radius 1 is 0.327 bits per heavy atom. The van der Waals surface area contributed by atoms with Crippen LogP contribution >= 0.6 is 0 Å². The second kappa shape index (κ2) is 13.2. The van der Waals surface area contributed by atoms with E-state index in [2.05, 4.69) is 0 Å². The van der Waals surface area contributed by atoms with Crippen molar-refractivity contribution in [2.24, 2.45) is 0 Å². The van der Waals surface area contributed by atoms with E-state index in [-0.39, 0.29) is 0 Å². The summed E-state index contributed by atoms with van der Waals surface area (Å²) in [5.41, 5.74) is -0.530. The Kier molecular flexibility index (Phi) is 8.99. The first kappa shape index (κ1) is 33.4. The Morgan fingerprint density at radius 2 is 0.571 bits per heavy atom. The van der Waals surface area contributed by atoms with Gasteiger partial charge in [-0.05, 0) is 97.8 Å². The molecule has 6 aromatic carbocycles. The normalized spacial score (nSPS) is 12.1. The molecule has 8 heteroatoms. The average molecular weight is 667 g/mol. The zero-order valence-electron chi connectivity index (χ0n) is 26.7. The van der Waals surface area contributed by atoms with Gasteiger partial charge < -0.3 is 9.80 Å². The van der Waals surface area contributed by atoms with Gasteiger partial charge >= 0.3 is 12.4 Å². The Labute approximate surface area is 281 Å². The molecule has 0 radical (unpaired) electrons. The molecule has 49 heavy (non-hydrogen) atoms. The molecule has 0 atom stereocenters. The van der Waals surface area contributed by atoms with Gasteiger partial charge in [0.05, 0.1) is 0 Å². The van der Waals surface area contributed by atoms with Crippen molar-refractivity contribution < 1.29 is 26.3 Å². The lowest BCUT2D eigenvalue weighted by atomic mass is 9.72. The molecule has 0 aliphatic carbocycles. The van der Waals surface area contributed by atoms with Crippen LogP contribution in [0, 0.1) is 13.8 Å². The second-order valence-corrected chi connectivity index (χ2v) is 11.9. The van der Waals surface area contributed by atoms with Gasteiger partial charge in [-0.3, -0.25) is 0 Å². The minimum Gasteiger partial charge on any atom is -0.311 e. The molecule has 248 valence electrons. The smallest absolute Gasteiger partial charge is 0.311 e. The maximum Gasteiger partial charge on any atom is 0.411 e. The molecular weight excluding hydrogens is 634 g/mol. The Balaban J connectivity index is 1.46. The summed E-state index contributed by atoms with van der Waals surface area (Å²) in [6, 6.07) is 42.0. The number of benzene rings is 6. The van der Waals surface area contributed by atoms with Crippen molar-refractivity contribution in [2.45, 2.75) is 31.6 Å². The number of alkyl halides is 6. The van der Waals surface area contributed by atoms with Crippen LogP contribution in [0.15, 0.2) is 158 Å². The minimum absolute atomic E-state index is 0.406. The summed E-state index contributed by atoms with van der Waals surface area (Å²) < 4.78 is 90.9. The van der Waals surface area contributed by atoms with E-state index < -0.39 is 28.9 Å². The van der Waals surface area contributed by atoms with Crippen LogP contribution in [-0.2, 0) is 5.41 Å². The van der Waals surface area contributed by atoms with Gasteiger partial charge in [-0.1, -0.05) is 96.1 Å². The van der Waals surface area contributed by atoms with Crippen LogP contribution in [-0.4, -0.2) is 12.4 Å². The molecular formula is C41H32F6N2. The summed E-state index contributed by atoms with van der Waals surface area (Å²) in [5.74, 6) is 0. The molecule has 0 aliphatic rings. The zero-order chi connectivity index (χ0) is 34.8. The van der Waals surface area contributed by atoms with E-state index in [0.717, 1.165) is 35.4 Å². The first-order chi connectivity index (χ1) is 23.4. The number of para-hydroxylation sites is 2. The van der Waals surface area contributed by atoms with Crippen molar-refractivity contribution in [3.05, 3.63) is 180 Å². The summed E-state index contributed by atoms with van der Waals surface area (Å²) in [7, 11) is 0. The van der Waals surface area contributed by atoms with Crippen LogP contribution in [0.25, 0.3) is 0 Å². The van der Waals surface area contributed by atoms with Crippen molar-refractivity contribution >= 4 is 34.1 Å². The van der Waals surface area contributed by atoms with E-state index in [4.69, 9.17) is 0 Å². The number of nitrogens with zero attached hydrogens (tertiary/aromatic N) is 2. The molecule has 0 N–H and O–H groups in total. The number of anilines is 6. The number of hydrogen-bond acceptors (Lipinski definition) is 2. The molecule has 0 saturated heterocycles. The van der Waals surface area contributed by atoms with Crippen molar-refractivity contribution in [3.63, 3.8) is 0 Å². The fraction of sp³-hybridized carbons (Fsp3) is 0.122. The highest BCUT2D eigenvalue weighted by Gasteiger charge is 2.72. The Hall–Kier alpha value is -5.50. The third-order valence-electron chi connectivity index (χ3n) is 8.58. The highest BCUT2D eigenvalue weighted by atomic mass is 19.4. The van der Waals surface area contributed by atoms with Gasteiger partial charge in [0.25, 0.3) is 0 Å². The van der Waals surface area contributed by atoms with Crippen LogP contribution in [0.2, 0.25) is 0 Å². The van der Waals surface area contributed by atoms with E-state index in [1.807, 2.05) is 123 Å². The van der Waals surface area contributed by atoms with Gasteiger partial charge in [0.1, 0.15) is 0 Å².